The topological polar surface area (TPSA) is 0 Å². The average molecular weight is 233 g/mol. The summed E-state index contributed by atoms with van der Waals surface area (Å²) in [5, 5.41) is 0. The fourth-order valence-corrected chi connectivity index (χ4v) is 2.60. The molecule has 1 radical (unpaired) electrons. The molecule has 0 nitrogen and oxygen atoms in total. The maximum atomic E-state index is 2.30. The number of hydrogen-bond acceptors (Lipinski definition) is 0. The van der Waals surface area contributed by atoms with Crippen LogP contribution in [0.2, 0.25) is 0 Å². The fraction of sp³-hybridized carbons (Fsp3) is 0.167. The third-order valence-corrected chi connectivity index (χ3v) is 3.47. The number of aryl methyl sites for hydroxylation is 1. The van der Waals surface area contributed by atoms with Crippen molar-refractivity contribution < 1.29 is 0 Å². The summed E-state index contributed by atoms with van der Waals surface area (Å²) >= 11 is 0. The standard InChI is InChI=1S/C18H17/c1-2-7-14-8-5-6-11-18(14)17-12-15-9-3-4-10-16(15)13-17/h3-6,8-13H,2,7H2,1H3. The molecule has 0 heteroatoms. The van der Waals surface area contributed by atoms with Crippen LogP contribution in [0.15, 0.2) is 48.5 Å². The molecule has 0 N–H and O–H groups in total. The van der Waals surface area contributed by atoms with E-state index in [0.29, 0.717) is 0 Å². The molecule has 0 heterocycles. The molecule has 18 heavy (non-hydrogen) atoms. The predicted octanol–water partition coefficient (Wildman–Crippen LogP) is 4.75. The van der Waals surface area contributed by atoms with Crippen molar-refractivity contribution in [2.45, 2.75) is 19.8 Å². The van der Waals surface area contributed by atoms with Crippen LogP contribution in [0.3, 0.4) is 0 Å². The normalized spacial score (nSPS) is 13.3. The summed E-state index contributed by atoms with van der Waals surface area (Å²) in [6.45, 7) is 2.23. The number of benzene rings is 2. The van der Waals surface area contributed by atoms with Crippen LogP contribution in [0.1, 0.15) is 35.6 Å². The van der Waals surface area contributed by atoms with Gasteiger partial charge in [-0.25, -0.2) is 0 Å². The Morgan fingerprint density at radius 1 is 0.833 bits per heavy atom. The van der Waals surface area contributed by atoms with E-state index >= 15 is 0 Å². The van der Waals surface area contributed by atoms with E-state index in [1.54, 1.807) is 0 Å². The van der Waals surface area contributed by atoms with Crippen molar-refractivity contribution in [1.29, 1.82) is 0 Å². The lowest BCUT2D eigenvalue weighted by atomic mass is 9.96. The molecule has 0 saturated heterocycles. The lowest BCUT2D eigenvalue weighted by Crippen LogP contribution is -1.92. The van der Waals surface area contributed by atoms with Gasteiger partial charge in [0.25, 0.3) is 0 Å². The van der Waals surface area contributed by atoms with Crippen molar-refractivity contribution in [2.24, 2.45) is 0 Å². The van der Waals surface area contributed by atoms with Gasteiger partial charge < -0.3 is 0 Å². The van der Waals surface area contributed by atoms with Crippen molar-refractivity contribution in [2.75, 3.05) is 0 Å². The smallest absolute Gasteiger partial charge is 0.0211 e. The molecule has 2 aromatic rings. The number of rotatable bonds is 3. The summed E-state index contributed by atoms with van der Waals surface area (Å²) in [7, 11) is 0. The first kappa shape index (κ1) is 11.3. The summed E-state index contributed by atoms with van der Waals surface area (Å²) in [5.74, 6) is 0. The van der Waals surface area contributed by atoms with Crippen molar-refractivity contribution >= 4 is 11.6 Å². The highest BCUT2D eigenvalue weighted by Gasteiger charge is 2.15. The minimum atomic E-state index is 1.15. The molecule has 0 amide bonds. The van der Waals surface area contributed by atoms with Crippen LogP contribution in [-0.4, -0.2) is 0 Å². The molecule has 0 aliphatic heterocycles. The van der Waals surface area contributed by atoms with E-state index in [4.69, 9.17) is 0 Å². The Morgan fingerprint density at radius 2 is 1.56 bits per heavy atom. The summed E-state index contributed by atoms with van der Waals surface area (Å²) in [4.78, 5) is 0. The Hall–Kier alpha value is -1.82. The molecule has 0 unspecified atom stereocenters. The molecule has 0 fully saturated rings. The van der Waals surface area contributed by atoms with E-state index in [0.717, 1.165) is 6.42 Å². The van der Waals surface area contributed by atoms with E-state index in [-0.39, 0.29) is 0 Å². The van der Waals surface area contributed by atoms with Crippen LogP contribution < -0.4 is 0 Å². The highest BCUT2D eigenvalue weighted by molar-refractivity contribution is 5.95. The van der Waals surface area contributed by atoms with Gasteiger partial charge in [0.2, 0.25) is 0 Å². The maximum Gasteiger partial charge on any atom is 0.0211 e. The first-order valence-electron chi connectivity index (χ1n) is 6.62. The fourth-order valence-electron chi connectivity index (χ4n) is 2.60. The van der Waals surface area contributed by atoms with Crippen molar-refractivity contribution in [1.82, 2.24) is 0 Å². The van der Waals surface area contributed by atoms with Crippen molar-refractivity contribution in [3.8, 4) is 0 Å². The van der Waals surface area contributed by atoms with Crippen LogP contribution >= 0.6 is 0 Å². The first-order chi connectivity index (χ1) is 8.88. The van der Waals surface area contributed by atoms with E-state index in [2.05, 4.69) is 68.0 Å². The highest BCUT2D eigenvalue weighted by Crippen LogP contribution is 2.34. The predicted molar refractivity (Wildman–Crippen MR) is 78.2 cm³/mol. The molecule has 0 bridgehead atoms. The van der Waals surface area contributed by atoms with E-state index in [1.165, 1.54) is 34.2 Å². The quantitative estimate of drug-likeness (QED) is 0.718. The van der Waals surface area contributed by atoms with Gasteiger partial charge in [0.05, 0.1) is 0 Å². The Labute approximate surface area is 109 Å². The Kier molecular flexibility index (Phi) is 3.02. The van der Waals surface area contributed by atoms with Gasteiger partial charge in [-0.2, -0.15) is 0 Å². The highest BCUT2D eigenvalue weighted by atomic mass is 14.2. The lowest BCUT2D eigenvalue weighted by Gasteiger charge is -2.09. The molecule has 2 aromatic carbocycles. The minimum absolute atomic E-state index is 1.15. The van der Waals surface area contributed by atoms with E-state index < -0.39 is 0 Å². The number of hydrogen-bond donors (Lipinski definition) is 0. The molecule has 3 rings (SSSR count). The molecule has 0 atom stereocenters. The van der Waals surface area contributed by atoms with Gasteiger partial charge in [0.15, 0.2) is 0 Å². The van der Waals surface area contributed by atoms with Gasteiger partial charge >= 0.3 is 0 Å². The lowest BCUT2D eigenvalue weighted by molar-refractivity contribution is 0.919. The monoisotopic (exact) mass is 233 g/mol. The first-order valence-corrected chi connectivity index (χ1v) is 6.62. The molecular weight excluding hydrogens is 216 g/mol. The Bertz CT molecular complexity index is 590. The van der Waals surface area contributed by atoms with E-state index in [9.17, 15) is 0 Å². The summed E-state index contributed by atoms with van der Waals surface area (Å²) in [6, 6.07) is 17.3. The average Bonchev–Trinajstić information content (AvgIpc) is 2.83. The molecule has 89 valence electrons. The van der Waals surface area contributed by atoms with Crippen LogP contribution in [0.5, 0.6) is 0 Å². The summed E-state index contributed by atoms with van der Waals surface area (Å²) in [6.07, 6.45) is 6.93. The van der Waals surface area contributed by atoms with Gasteiger partial charge in [-0.3, -0.25) is 0 Å². The summed E-state index contributed by atoms with van der Waals surface area (Å²) < 4.78 is 0. The van der Waals surface area contributed by atoms with Crippen LogP contribution in [-0.2, 0) is 6.42 Å². The number of fused-ring (bicyclic) bond motifs is 1. The zero-order valence-corrected chi connectivity index (χ0v) is 10.7. The molecule has 0 saturated carbocycles. The molecule has 0 spiro atoms. The minimum Gasteiger partial charge on any atom is -0.0651 e. The van der Waals surface area contributed by atoms with Gasteiger partial charge in [-0.05, 0) is 34.2 Å². The van der Waals surface area contributed by atoms with Gasteiger partial charge in [0, 0.05) is 6.42 Å². The Balaban J connectivity index is 1.99. The van der Waals surface area contributed by atoms with Crippen LogP contribution in [0, 0.1) is 6.42 Å². The third-order valence-electron chi connectivity index (χ3n) is 3.47. The second-order valence-corrected chi connectivity index (χ2v) is 4.78. The van der Waals surface area contributed by atoms with Crippen LogP contribution in [0.4, 0.5) is 0 Å². The van der Waals surface area contributed by atoms with Gasteiger partial charge in [-0.1, -0.05) is 68.0 Å². The van der Waals surface area contributed by atoms with Crippen LogP contribution in [0.25, 0.3) is 11.6 Å². The molecule has 1 aliphatic carbocycles. The maximum absolute atomic E-state index is 2.30. The van der Waals surface area contributed by atoms with Gasteiger partial charge in [-0.15, -0.1) is 0 Å². The number of allylic oxidation sites excluding steroid dienone is 1. The third kappa shape index (κ3) is 1.99. The molecular formula is C18H17. The van der Waals surface area contributed by atoms with E-state index in [1.807, 2.05) is 0 Å². The van der Waals surface area contributed by atoms with Crippen molar-refractivity contribution in [3.63, 3.8) is 0 Å². The second kappa shape index (κ2) is 4.81. The Morgan fingerprint density at radius 3 is 2.33 bits per heavy atom. The zero-order valence-electron chi connectivity index (χ0n) is 10.7. The van der Waals surface area contributed by atoms with Gasteiger partial charge in [0.1, 0.15) is 0 Å². The second-order valence-electron chi connectivity index (χ2n) is 4.78. The summed E-state index contributed by atoms with van der Waals surface area (Å²) in [5.41, 5.74) is 6.85. The van der Waals surface area contributed by atoms with Crippen molar-refractivity contribution in [3.05, 3.63) is 77.2 Å². The largest absolute Gasteiger partial charge is 0.0651 e. The zero-order chi connectivity index (χ0) is 12.4. The SMILES string of the molecule is CCCc1ccccc1C1=Cc2ccccc2[CH]1. The molecule has 0 aromatic heterocycles. The molecule has 1 aliphatic rings.